The first kappa shape index (κ1) is 25.2. The van der Waals surface area contributed by atoms with Crippen molar-refractivity contribution in [2.45, 2.75) is 25.4 Å². The maximum Gasteiger partial charge on any atom is 0.586 e. The second-order valence-electron chi connectivity index (χ2n) is 8.64. The molecule has 9 nitrogen and oxygen atoms in total. The summed E-state index contributed by atoms with van der Waals surface area (Å²) in [4.78, 5) is 20.8. The van der Waals surface area contributed by atoms with E-state index in [2.05, 4.69) is 28.9 Å². The van der Waals surface area contributed by atoms with Crippen LogP contribution in [0.1, 0.15) is 22.3 Å². The van der Waals surface area contributed by atoms with E-state index in [1.54, 1.807) is 36.4 Å². The number of hydrogen-bond acceptors (Lipinski definition) is 9. The zero-order valence-electron chi connectivity index (χ0n) is 20.1. The maximum atomic E-state index is 13.3. The number of benzene rings is 2. The molecule has 0 aliphatic carbocycles. The summed E-state index contributed by atoms with van der Waals surface area (Å²) in [5, 5.41) is 0. The minimum atomic E-state index is -3.74. The molecule has 6 rings (SSSR count). The van der Waals surface area contributed by atoms with Gasteiger partial charge in [0.25, 0.3) is 0 Å². The Kier molecular flexibility index (Phi) is 6.05. The number of halogens is 4. The van der Waals surface area contributed by atoms with Crippen LogP contribution in [0.15, 0.2) is 73.1 Å². The summed E-state index contributed by atoms with van der Waals surface area (Å²) in [6.07, 6.45) is -5.48. The third-order valence-corrected chi connectivity index (χ3v) is 5.78. The predicted molar refractivity (Wildman–Crippen MR) is 126 cm³/mol. The lowest BCUT2D eigenvalue weighted by Crippen LogP contribution is -2.25. The van der Waals surface area contributed by atoms with Crippen LogP contribution in [0.3, 0.4) is 0 Å². The zero-order valence-corrected chi connectivity index (χ0v) is 20.1. The standard InChI is InChI=1S/C27H16F4N2O7/c28-26(29)37-19-7-5-15(13-21(19)39-26)11-17-3-1-9-32-23(17)35-25(34)36-24-18(4-2-10-33-24)12-16-6-8-20-22(14-16)40-27(30,31)38-20/h1-10,13-14H,11-12H2. The van der Waals surface area contributed by atoms with E-state index >= 15 is 0 Å². The van der Waals surface area contributed by atoms with Crippen LogP contribution < -0.4 is 28.4 Å². The molecule has 2 aliphatic heterocycles. The molecular weight excluding hydrogens is 540 g/mol. The van der Waals surface area contributed by atoms with Crippen LogP contribution in [0, 0.1) is 0 Å². The number of rotatable bonds is 6. The van der Waals surface area contributed by atoms with Crippen molar-refractivity contribution >= 4 is 6.16 Å². The molecule has 0 radical (unpaired) electrons. The number of pyridine rings is 2. The van der Waals surface area contributed by atoms with Gasteiger partial charge in [0, 0.05) is 36.4 Å². The van der Waals surface area contributed by atoms with E-state index in [1.807, 2.05) is 0 Å². The van der Waals surface area contributed by atoms with Crippen molar-refractivity contribution in [2.75, 3.05) is 0 Å². The molecule has 0 saturated carbocycles. The highest BCUT2D eigenvalue weighted by molar-refractivity contribution is 5.67. The van der Waals surface area contributed by atoms with Crippen molar-refractivity contribution in [1.29, 1.82) is 0 Å². The second kappa shape index (κ2) is 9.59. The first-order valence-electron chi connectivity index (χ1n) is 11.7. The monoisotopic (exact) mass is 556 g/mol. The smallest absolute Gasteiger partial charge is 0.395 e. The van der Waals surface area contributed by atoms with Crippen LogP contribution in [-0.2, 0) is 12.8 Å². The Balaban J connectivity index is 1.15. The van der Waals surface area contributed by atoms with Crippen LogP contribution in [0.4, 0.5) is 22.4 Å². The fourth-order valence-corrected chi connectivity index (χ4v) is 4.13. The molecule has 0 atom stereocenters. The summed E-state index contributed by atoms with van der Waals surface area (Å²) in [6, 6.07) is 15.1. The Labute approximate surface area is 222 Å². The Bertz CT molecular complexity index is 1500. The van der Waals surface area contributed by atoms with Gasteiger partial charge in [0.05, 0.1) is 0 Å². The predicted octanol–water partition coefficient (Wildman–Crippen LogP) is 5.88. The van der Waals surface area contributed by atoms with Crippen LogP contribution in [0.2, 0.25) is 0 Å². The molecule has 0 bridgehead atoms. The third kappa shape index (κ3) is 5.39. The van der Waals surface area contributed by atoms with E-state index in [9.17, 15) is 22.4 Å². The van der Waals surface area contributed by atoms with Gasteiger partial charge in [-0.25, -0.2) is 14.8 Å². The number of ether oxygens (including phenoxy) is 6. The van der Waals surface area contributed by atoms with Gasteiger partial charge in [-0.05, 0) is 47.5 Å². The molecule has 2 aromatic heterocycles. The Morgan fingerprint density at radius 3 is 1.52 bits per heavy atom. The van der Waals surface area contributed by atoms with E-state index in [0.717, 1.165) is 0 Å². The fraction of sp³-hybridized carbons (Fsp3) is 0.148. The molecule has 0 spiro atoms. The van der Waals surface area contributed by atoms with Crippen molar-refractivity contribution in [1.82, 2.24) is 9.97 Å². The van der Waals surface area contributed by atoms with Crippen molar-refractivity contribution < 1.29 is 50.8 Å². The summed E-state index contributed by atoms with van der Waals surface area (Å²) in [6.45, 7) is 0. The molecule has 0 unspecified atom stereocenters. The second-order valence-corrected chi connectivity index (χ2v) is 8.64. The van der Waals surface area contributed by atoms with Crippen molar-refractivity contribution in [2.24, 2.45) is 0 Å². The lowest BCUT2D eigenvalue weighted by atomic mass is 10.1. The van der Waals surface area contributed by atoms with Crippen molar-refractivity contribution in [3.63, 3.8) is 0 Å². The fourth-order valence-electron chi connectivity index (χ4n) is 4.13. The normalized spacial score (nSPS) is 15.5. The first-order chi connectivity index (χ1) is 19.1. The molecule has 0 saturated heterocycles. The Morgan fingerprint density at radius 2 is 1.07 bits per heavy atom. The van der Waals surface area contributed by atoms with Crippen molar-refractivity contribution in [3.8, 4) is 34.8 Å². The van der Waals surface area contributed by atoms with Crippen LogP contribution in [-0.4, -0.2) is 28.7 Å². The molecule has 0 fully saturated rings. The number of carbonyl (C=O) groups is 1. The summed E-state index contributed by atoms with van der Waals surface area (Å²) >= 11 is 0. The SMILES string of the molecule is O=C(Oc1ncccc1Cc1ccc2c(c1)OC(F)(F)O2)Oc1ncccc1Cc1ccc2c(c1)OC(F)(F)O2. The molecule has 204 valence electrons. The van der Waals surface area contributed by atoms with Gasteiger partial charge in [-0.2, -0.15) is 0 Å². The number of aromatic nitrogens is 2. The number of carbonyl (C=O) groups excluding carboxylic acids is 1. The highest BCUT2D eigenvalue weighted by atomic mass is 19.3. The number of fused-ring (bicyclic) bond motifs is 2. The number of alkyl halides is 4. The van der Waals surface area contributed by atoms with E-state index < -0.39 is 18.7 Å². The lowest BCUT2D eigenvalue weighted by Gasteiger charge is -2.11. The van der Waals surface area contributed by atoms with Gasteiger partial charge >= 0.3 is 18.7 Å². The molecule has 40 heavy (non-hydrogen) atoms. The summed E-state index contributed by atoms with van der Waals surface area (Å²) in [5.74, 6) is -0.553. The average molecular weight is 556 g/mol. The van der Waals surface area contributed by atoms with Gasteiger partial charge < -0.3 is 28.4 Å². The summed E-state index contributed by atoms with van der Waals surface area (Å²) in [5.41, 5.74) is 2.06. The minimum Gasteiger partial charge on any atom is -0.395 e. The maximum absolute atomic E-state index is 13.3. The average Bonchev–Trinajstić information content (AvgIpc) is 3.38. The van der Waals surface area contributed by atoms with E-state index in [4.69, 9.17) is 9.47 Å². The van der Waals surface area contributed by atoms with Crippen LogP contribution >= 0.6 is 0 Å². The van der Waals surface area contributed by atoms with E-state index in [-0.39, 0.29) is 47.6 Å². The molecular formula is C27H16F4N2O7. The van der Waals surface area contributed by atoms with E-state index in [0.29, 0.717) is 22.3 Å². The van der Waals surface area contributed by atoms with Gasteiger partial charge in [0.15, 0.2) is 23.0 Å². The topological polar surface area (TPSA) is 98.2 Å². The highest BCUT2D eigenvalue weighted by Crippen LogP contribution is 2.42. The first-order valence-corrected chi connectivity index (χ1v) is 11.7. The molecule has 0 amide bonds. The summed E-state index contributed by atoms with van der Waals surface area (Å²) in [7, 11) is 0. The molecule has 2 aliphatic rings. The Morgan fingerprint density at radius 1 is 0.650 bits per heavy atom. The largest absolute Gasteiger partial charge is 0.586 e. The van der Waals surface area contributed by atoms with Gasteiger partial charge in [0.1, 0.15) is 0 Å². The van der Waals surface area contributed by atoms with Crippen molar-refractivity contribution in [3.05, 3.63) is 95.3 Å². The zero-order chi connectivity index (χ0) is 27.9. The quantitative estimate of drug-likeness (QED) is 0.213. The minimum absolute atomic E-state index is 0.0651. The number of hydrogen-bond donors (Lipinski definition) is 0. The molecule has 4 heterocycles. The van der Waals surface area contributed by atoms with E-state index in [1.165, 1.54) is 36.7 Å². The van der Waals surface area contributed by atoms with Crippen LogP contribution in [0.25, 0.3) is 0 Å². The molecule has 2 aromatic carbocycles. The highest BCUT2D eigenvalue weighted by Gasteiger charge is 2.44. The molecule has 4 aromatic rings. The van der Waals surface area contributed by atoms with Gasteiger partial charge in [-0.3, -0.25) is 0 Å². The van der Waals surface area contributed by atoms with Crippen LogP contribution in [0.5, 0.6) is 34.8 Å². The number of nitrogens with zero attached hydrogens (tertiary/aromatic N) is 2. The molecule has 13 heteroatoms. The van der Waals surface area contributed by atoms with Gasteiger partial charge in [0.2, 0.25) is 11.8 Å². The van der Waals surface area contributed by atoms with Gasteiger partial charge in [-0.15, -0.1) is 17.6 Å². The Hall–Kier alpha value is -5.07. The molecule has 0 N–H and O–H groups in total. The summed E-state index contributed by atoms with van der Waals surface area (Å²) < 4.78 is 81.8. The third-order valence-electron chi connectivity index (χ3n) is 5.78. The van der Waals surface area contributed by atoms with Gasteiger partial charge in [-0.1, -0.05) is 24.3 Å². The lowest BCUT2D eigenvalue weighted by molar-refractivity contribution is -0.287.